The lowest BCUT2D eigenvalue weighted by Crippen LogP contribution is -2.29. The van der Waals surface area contributed by atoms with Gasteiger partial charge in [0.25, 0.3) is 0 Å². The average molecular weight is 559 g/mol. The van der Waals surface area contributed by atoms with Gasteiger partial charge in [-0.3, -0.25) is 4.79 Å². The molecule has 3 aromatic rings. The number of aliphatic hydroxyl groups excluding tert-OH is 1. The molecule has 0 saturated heterocycles. The van der Waals surface area contributed by atoms with Crippen molar-refractivity contribution in [1.82, 2.24) is 0 Å². The lowest BCUT2D eigenvalue weighted by Gasteiger charge is -2.34. The van der Waals surface area contributed by atoms with Gasteiger partial charge in [-0.2, -0.15) is 0 Å². The molecule has 0 aromatic heterocycles. The van der Waals surface area contributed by atoms with Gasteiger partial charge in [-0.25, -0.2) is 0 Å². The Kier molecular flexibility index (Phi) is 9.24. The summed E-state index contributed by atoms with van der Waals surface area (Å²) in [5.41, 5.74) is 2.35. The Morgan fingerprint density at radius 3 is 2.07 bits per heavy atom. The van der Waals surface area contributed by atoms with E-state index >= 15 is 0 Å². The molecule has 4 rings (SSSR count). The van der Waals surface area contributed by atoms with Gasteiger partial charge in [-0.1, -0.05) is 36.4 Å². The average Bonchev–Trinajstić information content (AvgIpc) is 3.00. The molecule has 1 aliphatic carbocycles. The van der Waals surface area contributed by atoms with Crippen LogP contribution in [0.15, 0.2) is 84.7 Å². The third-order valence-corrected chi connectivity index (χ3v) is 7.25. The highest BCUT2D eigenvalue weighted by Crippen LogP contribution is 2.46. The molecular weight excluding hydrogens is 524 g/mol. The van der Waals surface area contributed by atoms with E-state index < -0.39 is 5.92 Å². The van der Waals surface area contributed by atoms with Crippen LogP contribution in [0.5, 0.6) is 34.5 Å². The lowest BCUT2D eigenvalue weighted by atomic mass is 9.68. The molecule has 0 unspecified atom stereocenters. The van der Waals surface area contributed by atoms with Crippen LogP contribution in [0.1, 0.15) is 34.9 Å². The number of allylic oxidation sites excluding steroid dienone is 4. The summed E-state index contributed by atoms with van der Waals surface area (Å²) in [6.45, 7) is 0. The summed E-state index contributed by atoms with van der Waals surface area (Å²) in [5.74, 6) is 0.0688. The molecule has 0 spiro atoms. The number of aliphatic hydroxyl groups is 1. The van der Waals surface area contributed by atoms with Crippen LogP contribution in [0.25, 0.3) is 6.08 Å². The van der Waals surface area contributed by atoms with Crippen molar-refractivity contribution < 1.29 is 39.1 Å². The zero-order chi connectivity index (χ0) is 29.5. The van der Waals surface area contributed by atoms with E-state index in [0.29, 0.717) is 35.0 Å². The molecule has 1 aliphatic rings. The van der Waals surface area contributed by atoms with Crippen molar-refractivity contribution in [3.63, 3.8) is 0 Å². The third-order valence-electron chi connectivity index (χ3n) is 7.25. The zero-order valence-electron chi connectivity index (χ0n) is 23.4. The second-order valence-electron chi connectivity index (χ2n) is 9.60. The van der Waals surface area contributed by atoms with Crippen molar-refractivity contribution in [2.45, 2.75) is 18.3 Å². The van der Waals surface area contributed by atoms with Gasteiger partial charge < -0.3 is 34.3 Å². The van der Waals surface area contributed by atoms with Crippen molar-refractivity contribution in [2.75, 3.05) is 28.4 Å². The molecule has 0 saturated carbocycles. The van der Waals surface area contributed by atoms with Gasteiger partial charge in [-0.15, -0.1) is 0 Å². The van der Waals surface area contributed by atoms with Crippen molar-refractivity contribution in [3.05, 3.63) is 101 Å². The largest absolute Gasteiger partial charge is 0.508 e. The summed E-state index contributed by atoms with van der Waals surface area (Å²) in [6, 6.07) is 15.4. The number of phenols is 2. The van der Waals surface area contributed by atoms with Gasteiger partial charge in [0.1, 0.15) is 5.76 Å². The SMILES string of the molecule is COc1cc(/C=C/C(O)=C\C(=O)[C@@H]2[C@@H](c3ccc(O)c(OC)c3)CC=C[C@H]2c2ccc(OC)c(OC)c2)ccc1O. The van der Waals surface area contributed by atoms with Gasteiger partial charge in [0.2, 0.25) is 0 Å². The van der Waals surface area contributed by atoms with Crippen molar-refractivity contribution in [2.24, 2.45) is 5.92 Å². The summed E-state index contributed by atoms with van der Waals surface area (Å²) < 4.78 is 21.4. The highest BCUT2D eigenvalue weighted by Gasteiger charge is 2.37. The molecule has 0 radical (unpaired) electrons. The highest BCUT2D eigenvalue weighted by molar-refractivity contribution is 5.94. The smallest absolute Gasteiger partial charge is 0.163 e. The van der Waals surface area contributed by atoms with Crippen molar-refractivity contribution in [3.8, 4) is 34.5 Å². The van der Waals surface area contributed by atoms with Crippen molar-refractivity contribution >= 4 is 11.9 Å². The molecular formula is C33H34O8. The van der Waals surface area contributed by atoms with Gasteiger partial charge in [0.05, 0.1) is 28.4 Å². The van der Waals surface area contributed by atoms with E-state index in [4.69, 9.17) is 18.9 Å². The van der Waals surface area contributed by atoms with Crippen molar-refractivity contribution in [1.29, 1.82) is 0 Å². The first kappa shape index (κ1) is 29.1. The predicted molar refractivity (Wildman–Crippen MR) is 156 cm³/mol. The Bertz CT molecular complexity index is 1490. The number of phenolic OH excluding ortho intramolecular Hbond substituents is 2. The summed E-state index contributed by atoms with van der Waals surface area (Å²) in [4.78, 5) is 13.9. The minimum absolute atomic E-state index is 0.00283. The monoisotopic (exact) mass is 558 g/mol. The number of methoxy groups -OCH3 is 4. The number of hydrogen-bond acceptors (Lipinski definition) is 8. The third kappa shape index (κ3) is 6.49. The maximum absolute atomic E-state index is 13.9. The summed E-state index contributed by atoms with van der Waals surface area (Å²) in [7, 11) is 6.05. The minimum Gasteiger partial charge on any atom is -0.508 e. The highest BCUT2D eigenvalue weighted by atomic mass is 16.5. The molecule has 214 valence electrons. The molecule has 0 fully saturated rings. The van der Waals surface area contributed by atoms with E-state index in [0.717, 1.165) is 11.1 Å². The predicted octanol–water partition coefficient (Wildman–Crippen LogP) is 6.30. The van der Waals surface area contributed by atoms with Gasteiger partial charge >= 0.3 is 0 Å². The number of rotatable bonds is 10. The summed E-state index contributed by atoms with van der Waals surface area (Å²) in [5, 5.41) is 30.7. The number of carbonyl (C=O) groups excluding carboxylic acids is 1. The van der Waals surface area contributed by atoms with Gasteiger partial charge in [0.15, 0.2) is 40.3 Å². The number of carbonyl (C=O) groups is 1. The molecule has 8 heteroatoms. The second-order valence-corrected chi connectivity index (χ2v) is 9.60. The molecule has 3 N–H and O–H groups in total. The molecule has 0 amide bonds. The first-order chi connectivity index (χ1) is 19.8. The lowest BCUT2D eigenvalue weighted by molar-refractivity contribution is -0.119. The van der Waals surface area contributed by atoms with Gasteiger partial charge in [0, 0.05) is 17.9 Å². The number of hydrogen-bond donors (Lipinski definition) is 3. The Labute approximate surface area is 239 Å². The number of ether oxygens (including phenoxy) is 4. The molecule has 3 atom stereocenters. The molecule has 0 aliphatic heterocycles. The molecule has 3 aromatic carbocycles. The Hall–Kier alpha value is -4.85. The summed E-state index contributed by atoms with van der Waals surface area (Å²) >= 11 is 0. The van der Waals surface area contributed by atoms with Crippen LogP contribution in [-0.4, -0.2) is 49.5 Å². The van der Waals surface area contributed by atoms with E-state index in [1.165, 1.54) is 32.4 Å². The van der Waals surface area contributed by atoms with Crippen LogP contribution < -0.4 is 18.9 Å². The van der Waals surface area contributed by atoms with Crippen LogP contribution in [0, 0.1) is 5.92 Å². The fraction of sp³-hybridized carbons (Fsp3) is 0.242. The Morgan fingerprint density at radius 2 is 1.39 bits per heavy atom. The van der Waals surface area contributed by atoms with Crippen LogP contribution in [0.4, 0.5) is 0 Å². The van der Waals surface area contributed by atoms with Crippen LogP contribution >= 0.6 is 0 Å². The topological polar surface area (TPSA) is 115 Å². The van der Waals surface area contributed by atoms with E-state index in [1.807, 2.05) is 24.3 Å². The fourth-order valence-corrected chi connectivity index (χ4v) is 5.18. The first-order valence-electron chi connectivity index (χ1n) is 13.0. The second kappa shape index (κ2) is 13.0. The molecule has 41 heavy (non-hydrogen) atoms. The minimum atomic E-state index is -0.586. The van der Waals surface area contributed by atoms with E-state index in [1.54, 1.807) is 56.7 Å². The standard InChI is InChI=1S/C33H34O8/c1-38-29-15-11-22(18-32(29)41-4)25-7-5-6-24(21-10-14-27(36)31(17-21)40-3)33(25)28(37)19-23(34)12-8-20-9-13-26(35)30(16-20)39-2/h5,7-19,24-25,33-36H,6H2,1-4H3/b12-8+,23-19+/t24-,25+,33-/m1/s1. The van der Waals surface area contributed by atoms with E-state index in [2.05, 4.69) is 0 Å². The van der Waals surface area contributed by atoms with Gasteiger partial charge in [-0.05, 0) is 71.5 Å². The molecule has 0 bridgehead atoms. The van der Waals surface area contributed by atoms with Crippen LogP contribution in [0.2, 0.25) is 0 Å². The Balaban J connectivity index is 1.73. The number of benzene rings is 3. The fourth-order valence-electron chi connectivity index (χ4n) is 5.18. The molecule has 0 heterocycles. The maximum atomic E-state index is 13.9. The molecule has 8 nitrogen and oxygen atoms in total. The van der Waals surface area contributed by atoms with Crippen LogP contribution in [0.3, 0.4) is 0 Å². The van der Waals surface area contributed by atoms with Crippen LogP contribution in [-0.2, 0) is 4.79 Å². The number of ketones is 1. The first-order valence-corrected chi connectivity index (χ1v) is 13.0. The summed E-state index contributed by atoms with van der Waals surface area (Å²) in [6.07, 6.45) is 8.89. The zero-order valence-corrected chi connectivity index (χ0v) is 23.4. The maximum Gasteiger partial charge on any atom is 0.163 e. The van der Waals surface area contributed by atoms with E-state index in [9.17, 15) is 20.1 Å². The quantitative estimate of drug-likeness (QED) is 0.115. The Morgan fingerprint density at radius 1 is 0.780 bits per heavy atom. The van der Waals surface area contributed by atoms with E-state index in [-0.39, 0.29) is 34.9 Å². The normalized spacial score (nSPS) is 18.7. The number of aromatic hydroxyl groups is 2.